The molecular weight excluding hydrogens is 474 g/mol. The molecule has 2 heterocycles. The van der Waals surface area contributed by atoms with Crippen molar-refractivity contribution in [3.05, 3.63) is 84.4 Å². The van der Waals surface area contributed by atoms with Gasteiger partial charge in [0.2, 0.25) is 5.89 Å². The number of benzene rings is 2. The smallest absolute Gasteiger partial charge is 0.274 e. The van der Waals surface area contributed by atoms with Crippen LogP contribution in [0.5, 0.6) is 0 Å². The molecule has 0 bridgehead atoms. The van der Waals surface area contributed by atoms with Gasteiger partial charge < -0.3 is 19.5 Å². The quantitative estimate of drug-likeness (QED) is 0.283. The van der Waals surface area contributed by atoms with Gasteiger partial charge in [0, 0.05) is 36.3 Å². The van der Waals surface area contributed by atoms with Crippen LogP contribution in [0.4, 0.5) is 11.4 Å². The summed E-state index contributed by atoms with van der Waals surface area (Å²) in [6.07, 6.45) is 1.75. The Morgan fingerprint density at radius 3 is 2.34 bits per heavy atom. The second-order valence-corrected chi connectivity index (χ2v) is 10.6. The SMILES string of the molecule is CCN(CCN(C)C)c1cc(C(=O)Nc2ccccc2-c2ncc(C(C)(C)C)o2)nc(-c2ccccc2)c1. The van der Waals surface area contributed by atoms with Crippen LogP contribution in [-0.2, 0) is 5.41 Å². The Balaban J connectivity index is 1.69. The van der Waals surface area contributed by atoms with E-state index in [0.29, 0.717) is 17.3 Å². The zero-order chi connectivity index (χ0) is 27.3. The predicted molar refractivity (Wildman–Crippen MR) is 155 cm³/mol. The van der Waals surface area contributed by atoms with Crippen molar-refractivity contribution in [3.63, 3.8) is 0 Å². The van der Waals surface area contributed by atoms with Crippen LogP contribution in [0.25, 0.3) is 22.7 Å². The lowest BCUT2D eigenvalue weighted by atomic mass is 9.94. The number of amides is 1. The number of para-hydroxylation sites is 1. The molecule has 0 spiro atoms. The zero-order valence-electron chi connectivity index (χ0n) is 23.2. The minimum absolute atomic E-state index is 0.167. The van der Waals surface area contributed by atoms with Crippen LogP contribution in [0.3, 0.4) is 0 Å². The van der Waals surface area contributed by atoms with Gasteiger partial charge in [-0.25, -0.2) is 9.97 Å². The maximum Gasteiger partial charge on any atom is 0.274 e. The zero-order valence-corrected chi connectivity index (χ0v) is 23.2. The molecule has 0 radical (unpaired) electrons. The van der Waals surface area contributed by atoms with Crippen molar-refractivity contribution in [1.82, 2.24) is 14.9 Å². The van der Waals surface area contributed by atoms with Gasteiger partial charge in [-0.2, -0.15) is 0 Å². The standard InChI is InChI=1S/C31H37N5O2/c1-7-36(18-17-35(5)6)23-19-26(22-13-9-8-10-14-22)33-27(20-23)29(37)34-25-16-12-11-15-24(25)30-32-21-28(38-30)31(2,3)4/h8-16,19-21H,7,17-18H2,1-6H3,(H,34,37). The van der Waals surface area contributed by atoms with E-state index in [9.17, 15) is 4.79 Å². The van der Waals surface area contributed by atoms with Gasteiger partial charge in [-0.15, -0.1) is 0 Å². The van der Waals surface area contributed by atoms with E-state index in [1.54, 1.807) is 6.20 Å². The Labute approximate surface area is 225 Å². The molecule has 0 saturated carbocycles. The van der Waals surface area contributed by atoms with E-state index < -0.39 is 0 Å². The highest BCUT2D eigenvalue weighted by molar-refractivity contribution is 6.05. The second-order valence-electron chi connectivity index (χ2n) is 10.6. The summed E-state index contributed by atoms with van der Waals surface area (Å²) < 4.78 is 6.06. The maximum absolute atomic E-state index is 13.6. The Hall–Kier alpha value is -3.97. The van der Waals surface area contributed by atoms with E-state index in [4.69, 9.17) is 9.40 Å². The first kappa shape index (κ1) is 27.1. The molecule has 0 aliphatic heterocycles. The first-order valence-corrected chi connectivity index (χ1v) is 13.0. The molecule has 0 aliphatic carbocycles. The van der Waals surface area contributed by atoms with Gasteiger partial charge in [-0.1, -0.05) is 63.2 Å². The number of nitrogens with one attached hydrogen (secondary N) is 1. The molecule has 4 rings (SSSR count). The number of oxazole rings is 1. The van der Waals surface area contributed by atoms with Gasteiger partial charge in [0.05, 0.1) is 23.1 Å². The molecule has 1 N–H and O–H groups in total. The maximum atomic E-state index is 13.6. The van der Waals surface area contributed by atoms with Crippen molar-refractivity contribution >= 4 is 17.3 Å². The lowest BCUT2D eigenvalue weighted by molar-refractivity contribution is 0.102. The third-order valence-electron chi connectivity index (χ3n) is 6.33. The predicted octanol–water partition coefficient (Wildman–Crippen LogP) is 6.34. The molecular formula is C31H37N5O2. The van der Waals surface area contributed by atoms with Crippen LogP contribution >= 0.6 is 0 Å². The van der Waals surface area contributed by atoms with Crippen LogP contribution in [0.2, 0.25) is 0 Å². The first-order chi connectivity index (χ1) is 18.2. The fourth-order valence-corrected chi connectivity index (χ4v) is 4.07. The molecule has 0 fully saturated rings. The van der Waals surface area contributed by atoms with Gasteiger partial charge in [-0.3, -0.25) is 4.79 Å². The molecule has 38 heavy (non-hydrogen) atoms. The number of hydrogen-bond donors (Lipinski definition) is 1. The van der Waals surface area contributed by atoms with Crippen LogP contribution in [0.1, 0.15) is 43.9 Å². The summed E-state index contributed by atoms with van der Waals surface area (Å²) in [4.78, 5) is 27.3. The number of aromatic nitrogens is 2. The highest BCUT2D eigenvalue weighted by Crippen LogP contribution is 2.32. The van der Waals surface area contributed by atoms with Crippen LogP contribution in [-0.4, -0.2) is 54.5 Å². The molecule has 0 saturated heterocycles. The third kappa shape index (κ3) is 6.47. The van der Waals surface area contributed by atoms with Crippen molar-refractivity contribution in [2.24, 2.45) is 0 Å². The van der Waals surface area contributed by atoms with Crippen molar-refractivity contribution in [1.29, 1.82) is 0 Å². The normalized spacial score (nSPS) is 11.6. The number of hydrogen-bond acceptors (Lipinski definition) is 6. The van der Waals surface area contributed by atoms with E-state index in [1.165, 1.54) is 0 Å². The average Bonchev–Trinajstić information content (AvgIpc) is 3.41. The molecule has 7 nitrogen and oxygen atoms in total. The van der Waals surface area contributed by atoms with Gasteiger partial charge in [-0.05, 0) is 45.3 Å². The number of nitrogens with zero attached hydrogens (tertiary/aromatic N) is 4. The van der Waals surface area contributed by atoms with Gasteiger partial charge >= 0.3 is 0 Å². The van der Waals surface area contributed by atoms with Crippen LogP contribution in [0.15, 0.2) is 77.3 Å². The molecule has 0 unspecified atom stereocenters. The summed E-state index contributed by atoms with van der Waals surface area (Å²) in [5.41, 5.74) is 4.20. The number of anilines is 2. The summed E-state index contributed by atoms with van der Waals surface area (Å²) >= 11 is 0. The van der Waals surface area contributed by atoms with Gasteiger partial charge in [0.1, 0.15) is 11.5 Å². The van der Waals surface area contributed by atoms with E-state index in [0.717, 1.165) is 47.9 Å². The van der Waals surface area contributed by atoms with Crippen molar-refractivity contribution < 1.29 is 9.21 Å². The number of rotatable bonds is 9. The van der Waals surface area contributed by atoms with Gasteiger partial charge in [0.25, 0.3) is 5.91 Å². The Morgan fingerprint density at radius 2 is 1.68 bits per heavy atom. The van der Waals surface area contributed by atoms with Gasteiger partial charge in [0.15, 0.2) is 0 Å². The van der Waals surface area contributed by atoms with Crippen molar-refractivity contribution in [2.45, 2.75) is 33.1 Å². The topological polar surface area (TPSA) is 74.5 Å². The Morgan fingerprint density at radius 1 is 0.974 bits per heavy atom. The third-order valence-corrected chi connectivity index (χ3v) is 6.33. The van der Waals surface area contributed by atoms with E-state index in [2.05, 4.69) is 68.0 Å². The number of carbonyl (C=O) groups excluding carboxylic acids is 1. The summed E-state index contributed by atoms with van der Waals surface area (Å²) in [6.45, 7) is 10.9. The molecule has 1 amide bonds. The number of likely N-dealkylation sites (N-methyl/N-ethyl adjacent to an activating group) is 2. The highest BCUT2D eigenvalue weighted by atomic mass is 16.4. The van der Waals surface area contributed by atoms with Crippen molar-refractivity contribution in [3.8, 4) is 22.7 Å². The van der Waals surface area contributed by atoms with E-state index in [1.807, 2.05) is 60.7 Å². The molecule has 2 aromatic heterocycles. The Bertz CT molecular complexity index is 1370. The first-order valence-electron chi connectivity index (χ1n) is 13.0. The summed E-state index contributed by atoms with van der Waals surface area (Å²) in [5.74, 6) is 0.967. The molecule has 0 aliphatic rings. The van der Waals surface area contributed by atoms with Crippen LogP contribution < -0.4 is 10.2 Å². The minimum Gasteiger partial charge on any atom is -0.441 e. The summed E-state index contributed by atoms with van der Waals surface area (Å²) in [5, 5.41) is 3.06. The average molecular weight is 512 g/mol. The minimum atomic E-state index is -0.289. The molecule has 7 heteroatoms. The fraction of sp³-hybridized carbons (Fsp3) is 0.323. The van der Waals surface area contributed by atoms with Crippen molar-refractivity contribution in [2.75, 3.05) is 43.9 Å². The highest BCUT2D eigenvalue weighted by Gasteiger charge is 2.22. The molecule has 4 aromatic rings. The Kier molecular flexibility index (Phi) is 8.27. The largest absolute Gasteiger partial charge is 0.441 e. The lowest BCUT2D eigenvalue weighted by Crippen LogP contribution is -2.32. The fourth-order valence-electron chi connectivity index (χ4n) is 4.07. The van der Waals surface area contributed by atoms with E-state index >= 15 is 0 Å². The number of pyridine rings is 1. The monoisotopic (exact) mass is 511 g/mol. The van der Waals surface area contributed by atoms with Crippen LogP contribution in [0, 0.1) is 0 Å². The molecule has 198 valence electrons. The van der Waals surface area contributed by atoms with E-state index in [-0.39, 0.29) is 11.3 Å². The number of carbonyl (C=O) groups is 1. The molecule has 2 aromatic carbocycles. The lowest BCUT2D eigenvalue weighted by Gasteiger charge is -2.26. The molecule has 0 atom stereocenters. The summed E-state index contributed by atoms with van der Waals surface area (Å²) in [6, 6.07) is 21.4. The summed E-state index contributed by atoms with van der Waals surface area (Å²) in [7, 11) is 4.12. The second kappa shape index (κ2) is 11.6.